The van der Waals surface area contributed by atoms with Crippen molar-refractivity contribution >= 4 is 37.7 Å². The second-order valence-corrected chi connectivity index (χ2v) is 7.27. The highest BCUT2D eigenvalue weighted by molar-refractivity contribution is 9.13. The van der Waals surface area contributed by atoms with Gasteiger partial charge in [0.1, 0.15) is 17.3 Å². The van der Waals surface area contributed by atoms with Crippen LogP contribution in [0.3, 0.4) is 0 Å². The molecule has 0 spiro atoms. The van der Waals surface area contributed by atoms with Gasteiger partial charge in [0.2, 0.25) is 0 Å². The van der Waals surface area contributed by atoms with E-state index in [2.05, 4.69) is 55.5 Å². The van der Waals surface area contributed by atoms with Crippen molar-refractivity contribution in [2.45, 2.75) is 45.1 Å². The molecule has 3 nitrogen and oxygen atoms in total. The van der Waals surface area contributed by atoms with E-state index in [1.165, 1.54) is 31.5 Å². The van der Waals surface area contributed by atoms with Crippen LogP contribution < -0.4 is 5.73 Å². The van der Waals surface area contributed by atoms with Gasteiger partial charge in [0, 0.05) is 27.0 Å². The van der Waals surface area contributed by atoms with Gasteiger partial charge in [0.15, 0.2) is 0 Å². The van der Waals surface area contributed by atoms with Crippen molar-refractivity contribution in [1.29, 1.82) is 0 Å². The van der Waals surface area contributed by atoms with E-state index >= 15 is 0 Å². The van der Waals surface area contributed by atoms with Gasteiger partial charge in [0.25, 0.3) is 0 Å². The molecule has 3 rings (SSSR count). The van der Waals surface area contributed by atoms with E-state index in [0.717, 1.165) is 32.6 Å². The molecule has 0 bridgehead atoms. The third-order valence-corrected chi connectivity index (χ3v) is 6.15. The molecular weight excluding hydrogens is 394 g/mol. The van der Waals surface area contributed by atoms with E-state index in [0.29, 0.717) is 5.92 Å². The monoisotopic (exact) mass is 411 g/mol. The molecule has 1 aromatic heterocycles. The number of anilines is 1. The van der Waals surface area contributed by atoms with Crippen molar-refractivity contribution in [3.8, 4) is 11.3 Å². The van der Waals surface area contributed by atoms with Gasteiger partial charge < -0.3 is 10.3 Å². The van der Waals surface area contributed by atoms with Gasteiger partial charge >= 0.3 is 0 Å². The molecular formula is C16H19Br2N3. The number of nitrogens with two attached hydrogens (primary N) is 1. The molecule has 1 fully saturated rings. The van der Waals surface area contributed by atoms with Crippen LogP contribution in [-0.4, -0.2) is 9.55 Å². The Morgan fingerprint density at radius 1 is 1.24 bits per heavy atom. The van der Waals surface area contributed by atoms with Gasteiger partial charge in [0.05, 0.1) is 0 Å². The molecule has 1 saturated carbocycles. The van der Waals surface area contributed by atoms with Crippen LogP contribution >= 0.6 is 31.9 Å². The zero-order valence-corrected chi connectivity index (χ0v) is 15.2. The smallest absolute Gasteiger partial charge is 0.131 e. The summed E-state index contributed by atoms with van der Waals surface area (Å²) in [4.78, 5) is 4.91. The molecule has 2 N–H and O–H groups in total. The standard InChI is InChI=1S/C16H19Br2N3/c1-2-21-15(19)14(11-7-8-12(17)13(18)9-11)20-16(21)10-5-3-4-6-10/h7-10H,2-6,19H2,1H3. The van der Waals surface area contributed by atoms with Crippen LogP contribution in [0, 0.1) is 0 Å². The van der Waals surface area contributed by atoms with Crippen LogP contribution in [0.1, 0.15) is 44.3 Å². The maximum Gasteiger partial charge on any atom is 0.131 e. The number of halogens is 2. The summed E-state index contributed by atoms with van der Waals surface area (Å²) in [6.07, 6.45) is 5.08. The molecule has 0 unspecified atom stereocenters. The second kappa shape index (κ2) is 6.13. The Hall–Kier alpha value is -0.810. The van der Waals surface area contributed by atoms with Crippen molar-refractivity contribution in [1.82, 2.24) is 9.55 Å². The fourth-order valence-corrected chi connectivity index (χ4v) is 3.79. The fraction of sp³-hybridized carbons (Fsp3) is 0.438. The first kappa shape index (κ1) is 15.1. The molecule has 0 atom stereocenters. The van der Waals surface area contributed by atoms with Gasteiger partial charge in [-0.2, -0.15) is 0 Å². The average molecular weight is 413 g/mol. The Morgan fingerprint density at radius 3 is 2.57 bits per heavy atom. The Morgan fingerprint density at radius 2 is 1.95 bits per heavy atom. The van der Waals surface area contributed by atoms with Crippen LogP contribution in [0.4, 0.5) is 5.82 Å². The summed E-state index contributed by atoms with van der Waals surface area (Å²) < 4.78 is 4.24. The molecule has 112 valence electrons. The molecule has 5 heteroatoms. The Bertz CT molecular complexity index is 658. The lowest BCUT2D eigenvalue weighted by Crippen LogP contribution is -2.08. The minimum absolute atomic E-state index is 0.569. The molecule has 1 aliphatic carbocycles. The van der Waals surface area contributed by atoms with Gasteiger partial charge in [-0.05, 0) is 63.8 Å². The van der Waals surface area contributed by atoms with Crippen molar-refractivity contribution in [3.05, 3.63) is 33.0 Å². The topological polar surface area (TPSA) is 43.8 Å². The van der Waals surface area contributed by atoms with E-state index in [1.807, 2.05) is 6.07 Å². The zero-order valence-electron chi connectivity index (χ0n) is 12.1. The summed E-state index contributed by atoms with van der Waals surface area (Å²) in [6.45, 7) is 3.01. The quantitative estimate of drug-likeness (QED) is 0.739. The lowest BCUT2D eigenvalue weighted by molar-refractivity contribution is 0.604. The van der Waals surface area contributed by atoms with E-state index in [4.69, 9.17) is 10.7 Å². The minimum atomic E-state index is 0.569. The number of aromatic nitrogens is 2. The minimum Gasteiger partial charge on any atom is -0.383 e. The molecule has 1 aliphatic rings. The number of hydrogen-bond acceptors (Lipinski definition) is 2. The van der Waals surface area contributed by atoms with Crippen molar-refractivity contribution in [2.24, 2.45) is 0 Å². The van der Waals surface area contributed by atoms with Crippen molar-refractivity contribution in [2.75, 3.05) is 5.73 Å². The van der Waals surface area contributed by atoms with E-state index in [9.17, 15) is 0 Å². The maximum absolute atomic E-state index is 6.38. The third-order valence-electron chi connectivity index (χ3n) is 4.27. The van der Waals surface area contributed by atoms with Gasteiger partial charge in [-0.25, -0.2) is 4.98 Å². The van der Waals surface area contributed by atoms with Crippen LogP contribution in [0.15, 0.2) is 27.1 Å². The van der Waals surface area contributed by atoms with E-state index < -0.39 is 0 Å². The molecule has 0 aliphatic heterocycles. The lowest BCUT2D eigenvalue weighted by Gasteiger charge is -2.11. The number of nitrogens with zero attached hydrogens (tertiary/aromatic N) is 2. The Kier molecular flexibility index (Phi) is 4.41. The molecule has 1 heterocycles. The van der Waals surface area contributed by atoms with Crippen LogP contribution in [-0.2, 0) is 6.54 Å². The molecule has 0 amide bonds. The summed E-state index contributed by atoms with van der Waals surface area (Å²) in [5.41, 5.74) is 8.35. The maximum atomic E-state index is 6.38. The van der Waals surface area contributed by atoms with Crippen molar-refractivity contribution in [3.63, 3.8) is 0 Å². The summed E-state index contributed by atoms with van der Waals surface area (Å²) in [5, 5.41) is 0. The second-order valence-electron chi connectivity index (χ2n) is 5.56. The summed E-state index contributed by atoms with van der Waals surface area (Å²) in [6, 6.07) is 6.16. The highest BCUT2D eigenvalue weighted by Gasteiger charge is 2.25. The first-order valence-corrected chi connectivity index (χ1v) is 9.01. The molecule has 21 heavy (non-hydrogen) atoms. The van der Waals surface area contributed by atoms with Crippen molar-refractivity contribution < 1.29 is 0 Å². The Balaban J connectivity index is 2.08. The van der Waals surface area contributed by atoms with Crippen LogP contribution in [0.5, 0.6) is 0 Å². The van der Waals surface area contributed by atoms with E-state index in [-0.39, 0.29) is 0 Å². The first-order chi connectivity index (χ1) is 10.1. The predicted octanol–water partition coefficient (Wildman–Crippen LogP) is 5.33. The van der Waals surface area contributed by atoms with Crippen LogP contribution in [0.25, 0.3) is 11.3 Å². The van der Waals surface area contributed by atoms with Gasteiger partial charge in [-0.3, -0.25) is 0 Å². The number of imidazole rings is 1. The number of benzene rings is 1. The van der Waals surface area contributed by atoms with Gasteiger partial charge in [-0.15, -0.1) is 0 Å². The average Bonchev–Trinajstić information content (AvgIpc) is 3.09. The predicted molar refractivity (Wildman–Crippen MR) is 94.4 cm³/mol. The molecule has 2 aromatic rings. The van der Waals surface area contributed by atoms with E-state index in [1.54, 1.807) is 0 Å². The number of hydrogen-bond donors (Lipinski definition) is 1. The summed E-state index contributed by atoms with van der Waals surface area (Å²) in [7, 11) is 0. The highest BCUT2D eigenvalue weighted by Crippen LogP contribution is 2.38. The summed E-state index contributed by atoms with van der Waals surface area (Å²) >= 11 is 7.06. The number of rotatable bonds is 3. The fourth-order valence-electron chi connectivity index (χ4n) is 3.17. The third kappa shape index (κ3) is 2.78. The van der Waals surface area contributed by atoms with Gasteiger partial charge in [-0.1, -0.05) is 18.9 Å². The summed E-state index contributed by atoms with van der Waals surface area (Å²) in [5.74, 6) is 2.52. The SMILES string of the molecule is CCn1c(C2CCCC2)nc(-c2ccc(Br)c(Br)c2)c1N. The zero-order chi connectivity index (χ0) is 15.0. The first-order valence-electron chi connectivity index (χ1n) is 7.43. The number of nitrogen functional groups attached to an aromatic ring is 1. The van der Waals surface area contributed by atoms with Crippen LogP contribution in [0.2, 0.25) is 0 Å². The molecule has 0 radical (unpaired) electrons. The Labute approximate surface area is 142 Å². The lowest BCUT2D eigenvalue weighted by atomic mass is 10.1. The molecule has 0 saturated heterocycles. The normalized spacial score (nSPS) is 15.8. The molecule has 1 aromatic carbocycles. The highest BCUT2D eigenvalue weighted by atomic mass is 79.9. The largest absolute Gasteiger partial charge is 0.383 e.